The average Bonchev–Trinajstić information content (AvgIpc) is 2.83. The number of nitrogens with one attached hydrogen (secondary N) is 1. The second kappa shape index (κ2) is 5.54. The summed E-state index contributed by atoms with van der Waals surface area (Å²) in [5, 5.41) is 11.5. The summed E-state index contributed by atoms with van der Waals surface area (Å²) in [6.07, 6.45) is -0.293. The Hall–Kier alpha value is -2.02. The van der Waals surface area contributed by atoms with Crippen LogP contribution in [0.4, 0.5) is 8.78 Å². The van der Waals surface area contributed by atoms with Crippen LogP contribution in [-0.4, -0.2) is 35.7 Å². The molecule has 0 spiro atoms. The molecule has 1 unspecified atom stereocenters. The third-order valence-corrected chi connectivity index (χ3v) is 3.17. The molecule has 1 atom stereocenters. The quantitative estimate of drug-likeness (QED) is 0.860. The van der Waals surface area contributed by atoms with Gasteiger partial charge in [-0.25, -0.2) is 13.6 Å². The zero-order valence-corrected chi connectivity index (χ0v) is 10.5. The Balaban J connectivity index is 2.08. The van der Waals surface area contributed by atoms with Crippen molar-refractivity contribution in [3.63, 3.8) is 0 Å². The zero-order valence-electron chi connectivity index (χ0n) is 10.5. The third-order valence-electron chi connectivity index (χ3n) is 3.17. The van der Waals surface area contributed by atoms with Crippen molar-refractivity contribution in [1.29, 1.82) is 0 Å². The Morgan fingerprint density at radius 1 is 1.40 bits per heavy atom. The van der Waals surface area contributed by atoms with Gasteiger partial charge >= 0.3 is 5.97 Å². The minimum atomic E-state index is -1.49. The Morgan fingerprint density at radius 3 is 2.75 bits per heavy atom. The molecule has 2 N–H and O–H groups in total. The van der Waals surface area contributed by atoms with Gasteiger partial charge in [0.25, 0.3) is 0 Å². The molecule has 108 valence electrons. The number of benzene rings is 1. The van der Waals surface area contributed by atoms with Crippen molar-refractivity contribution in [1.82, 2.24) is 5.32 Å². The number of aliphatic carboxylic acids is 1. The molecule has 1 heterocycles. The van der Waals surface area contributed by atoms with Crippen LogP contribution in [0.3, 0.4) is 0 Å². The van der Waals surface area contributed by atoms with Gasteiger partial charge in [-0.3, -0.25) is 4.79 Å². The fraction of sp³-hybridized carbons (Fsp3) is 0.385. The predicted octanol–water partition coefficient (Wildman–Crippen LogP) is 0.867. The molecule has 1 aromatic rings. The second-order valence-electron chi connectivity index (χ2n) is 4.65. The van der Waals surface area contributed by atoms with Crippen LogP contribution in [0.15, 0.2) is 18.2 Å². The van der Waals surface area contributed by atoms with E-state index in [0.717, 1.165) is 18.2 Å². The molecular formula is C13H13F2NO4. The zero-order chi connectivity index (χ0) is 14.8. The van der Waals surface area contributed by atoms with E-state index in [1.807, 2.05) is 0 Å². The molecule has 2 rings (SSSR count). The van der Waals surface area contributed by atoms with Crippen LogP contribution >= 0.6 is 0 Å². The van der Waals surface area contributed by atoms with Crippen LogP contribution in [0.25, 0.3) is 0 Å². The highest BCUT2D eigenvalue weighted by atomic mass is 19.1. The van der Waals surface area contributed by atoms with Gasteiger partial charge < -0.3 is 15.2 Å². The number of amides is 1. The number of rotatable bonds is 4. The van der Waals surface area contributed by atoms with E-state index in [1.165, 1.54) is 0 Å². The molecule has 5 nitrogen and oxygen atoms in total. The molecular weight excluding hydrogens is 272 g/mol. The van der Waals surface area contributed by atoms with E-state index in [2.05, 4.69) is 5.32 Å². The Labute approximate surface area is 113 Å². The summed E-state index contributed by atoms with van der Waals surface area (Å²) in [5.74, 6) is -3.27. The number of carbonyl (C=O) groups is 2. The number of halogens is 2. The molecule has 1 aliphatic heterocycles. The molecule has 1 aliphatic rings. The lowest BCUT2D eigenvalue weighted by Gasteiger charge is -2.23. The Bertz CT molecular complexity index is 541. The minimum Gasteiger partial charge on any atom is -0.479 e. The number of carboxylic acid groups (broad SMARTS) is 1. The highest BCUT2D eigenvalue weighted by Crippen LogP contribution is 2.19. The molecule has 0 aliphatic carbocycles. The van der Waals surface area contributed by atoms with Crippen molar-refractivity contribution in [2.45, 2.75) is 18.4 Å². The summed E-state index contributed by atoms with van der Waals surface area (Å²) in [5.41, 5.74) is -1.61. The average molecular weight is 285 g/mol. The largest absolute Gasteiger partial charge is 0.479 e. The minimum absolute atomic E-state index is 0.123. The Kier molecular flexibility index (Phi) is 3.99. The van der Waals surface area contributed by atoms with E-state index >= 15 is 0 Å². The predicted molar refractivity (Wildman–Crippen MR) is 64.0 cm³/mol. The molecule has 1 fully saturated rings. The van der Waals surface area contributed by atoms with Gasteiger partial charge in [-0.15, -0.1) is 0 Å². The molecule has 0 radical (unpaired) electrons. The van der Waals surface area contributed by atoms with E-state index < -0.39 is 35.5 Å². The third kappa shape index (κ3) is 2.93. The molecule has 20 heavy (non-hydrogen) atoms. The van der Waals surface area contributed by atoms with Crippen LogP contribution in [-0.2, 0) is 20.7 Å². The van der Waals surface area contributed by atoms with E-state index in [4.69, 9.17) is 9.84 Å². The van der Waals surface area contributed by atoms with Gasteiger partial charge in [0.05, 0.1) is 13.0 Å². The smallest absolute Gasteiger partial charge is 0.331 e. The van der Waals surface area contributed by atoms with E-state index in [9.17, 15) is 18.4 Å². The lowest BCUT2D eigenvalue weighted by molar-refractivity contribution is -0.147. The van der Waals surface area contributed by atoms with Gasteiger partial charge in [-0.05, 0) is 18.2 Å². The number of ether oxygens (including phenoxy) is 1. The highest BCUT2D eigenvalue weighted by molar-refractivity contribution is 5.88. The van der Waals surface area contributed by atoms with Gasteiger partial charge in [0, 0.05) is 18.6 Å². The molecule has 0 saturated carbocycles. The monoisotopic (exact) mass is 285 g/mol. The van der Waals surface area contributed by atoms with E-state index in [1.54, 1.807) is 0 Å². The maximum atomic E-state index is 13.4. The first-order valence-corrected chi connectivity index (χ1v) is 5.99. The van der Waals surface area contributed by atoms with Crippen LogP contribution in [0.2, 0.25) is 0 Å². The standard InChI is InChI=1S/C13H13F2NO4/c14-9-1-2-10(15)8(5-9)6-11(17)16-13(12(18)19)3-4-20-7-13/h1-2,5H,3-4,6-7H2,(H,16,17)(H,18,19). The van der Waals surface area contributed by atoms with Crippen molar-refractivity contribution in [3.05, 3.63) is 35.4 Å². The van der Waals surface area contributed by atoms with Crippen molar-refractivity contribution in [2.24, 2.45) is 0 Å². The summed E-state index contributed by atoms with van der Waals surface area (Å²) < 4.78 is 31.4. The van der Waals surface area contributed by atoms with Crippen molar-refractivity contribution in [2.75, 3.05) is 13.2 Å². The number of carboxylic acids is 1. The van der Waals surface area contributed by atoms with Crippen LogP contribution in [0, 0.1) is 11.6 Å². The van der Waals surface area contributed by atoms with E-state index in [-0.39, 0.29) is 25.2 Å². The van der Waals surface area contributed by atoms with Gasteiger partial charge in [0.2, 0.25) is 5.91 Å². The highest BCUT2D eigenvalue weighted by Gasteiger charge is 2.43. The van der Waals surface area contributed by atoms with Gasteiger partial charge in [-0.1, -0.05) is 0 Å². The molecule has 1 saturated heterocycles. The maximum absolute atomic E-state index is 13.4. The first-order valence-electron chi connectivity index (χ1n) is 5.99. The van der Waals surface area contributed by atoms with Gasteiger partial charge in [-0.2, -0.15) is 0 Å². The Morgan fingerprint density at radius 2 is 2.15 bits per heavy atom. The van der Waals surface area contributed by atoms with Crippen LogP contribution in [0.1, 0.15) is 12.0 Å². The summed E-state index contributed by atoms with van der Waals surface area (Å²) in [6.45, 7) is 0.0839. The van der Waals surface area contributed by atoms with Crippen molar-refractivity contribution < 1.29 is 28.2 Å². The molecule has 0 aromatic heterocycles. The van der Waals surface area contributed by atoms with Crippen LogP contribution in [0.5, 0.6) is 0 Å². The van der Waals surface area contributed by atoms with Crippen molar-refractivity contribution in [3.8, 4) is 0 Å². The second-order valence-corrected chi connectivity index (χ2v) is 4.65. The number of hydrogen-bond acceptors (Lipinski definition) is 3. The van der Waals surface area contributed by atoms with E-state index in [0.29, 0.717) is 0 Å². The summed E-state index contributed by atoms with van der Waals surface area (Å²) in [7, 11) is 0. The fourth-order valence-electron chi connectivity index (χ4n) is 2.05. The maximum Gasteiger partial charge on any atom is 0.331 e. The number of hydrogen-bond donors (Lipinski definition) is 2. The molecule has 7 heteroatoms. The topological polar surface area (TPSA) is 75.6 Å². The number of carbonyl (C=O) groups excluding carboxylic acids is 1. The SMILES string of the molecule is O=C(Cc1cc(F)ccc1F)NC1(C(=O)O)CCOC1. The molecule has 0 bridgehead atoms. The summed E-state index contributed by atoms with van der Waals surface area (Å²) in [4.78, 5) is 23.0. The summed E-state index contributed by atoms with van der Waals surface area (Å²) in [6, 6.07) is 2.78. The first-order chi connectivity index (χ1) is 9.43. The lowest BCUT2D eigenvalue weighted by Crippen LogP contribution is -2.55. The molecule has 1 aromatic carbocycles. The summed E-state index contributed by atoms with van der Waals surface area (Å²) >= 11 is 0. The van der Waals surface area contributed by atoms with Gasteiger partial charge in [0.15, 0.2) is 5.54 Å². The van der Waals surface area contributed by atoms with Crippen molar-refractivity contribution >= 4 is 11.9 Å². The fourth-order valence-corrected chi connectivity index (χ4v) is 2.05. The molecule has 1 amide bonds. The normalized spacial score (nSPS) is 21.7. The van der Waals surface area contributed by atoms with Gasteiger partial charge in [0.1, 0.15) is 11.6 Å². The van der Waals surface area contributed by atoms with Crippen LogP contribution < -0.4 is 5.32 Å². The lowest BCUT2D eigenvalue weighted by atomic mass is 9.98. The first kappa shape index (κ1) is 14.4.